The molecule has 0 unspecified atom stereocenters. The van der Waals surface area contributed by atoms with Gasteiger partial charge in [0.15, 0.2) is 0 Å². The van der Waals surface area contributed by atoms with E-state index in [-0.39, 0.29) is 10.6 Å². The topological polar surface area (TPSA) is 114 Å². The molecule has 3 aromatic carbocycles. The molecule has 0 aliphatic rings. The number of aryl methyl sites for hydroxylation is 2. The molecule has 0 radical (unpaired) electrons. The van der Waals surface area contributed by atoms with Crippen molar-refractivity contribution >= 4 is 45.1 Å². The van der Waals surface area contributed by atoms with Gasteiger partial charge in [-0.25, -0.2) is 8.42 Å². The number of benzene rings is 3. The second-order valence-electron chi connectivity index (χ2n) is 7.00. The van der Waals surface area contributed by atoms with Crippen LogP contribution in [0.1, 0.15) is 16.7 Å². The van der Waals surface area contributed by atoms with E-state index >= 15 is 0 Å². The third kappa shape index (κ3) is 5.65. The van der Waals surface area contributed by atoms with Gasteiger partial charge < -0.3 is 0 Å². The minimum atomic E-state index is -4.01. The van der Waals surface area contributed by atoms with Gasteiger partial charge in [0.1, 0.15) is 5.69 Å². The van der Waals surface area contributed by atoms with Crippen LogP contribution < -0.4 is 10.1 Å². The van der Waals surface area contributed by atoms with Gasteiger partial charge in [-0.3, -0.25) is 20.3 Å². The largest absolute Gasteiger partial charge is 0.295 e. The van der Waals surface area contributed by atoms with Crippen molar-refractivity contribution in [3.05, 3.63) is 87.5 Å². The quantitative estimate of drug-likeness (QED) is 0.203. The Morgan fingerprint density at radius 1 is 1.00 bits per heavy atom. The molecule has 0 aliphatic heterocycles. The summed E-state index contributed by atoms with van der Waals surface area (Å²) < 4.78 is 28.1. The number of nitro benzene ring substituents is 1. The van der Waals surface area contributed by atoms with Gasteiger partial charge in [-0.1, -0.05) is 29.8 Å². The number of nitrogens with zero attached hydrogens (tertiary/aromatic N) is 2. The number of thioether (sulfide) groups is 1. The first-order valence-corrected chi connectivity index (χ1v) is 12.2. The zero-order valence-corrected chi connectivity index (χ0v) is 19.3. The van der Waals surface area contributed by atoms with Crippen LogP contribution in [0.4, 0.5) is 17.1 Å². The Bertz CT molecular complexity index is 1270. The van der Waals surface area contributed by atoms with Gasteiger partial charge in [-0.15, -0.1) is 11.8 Å². The molecule has 0 heterocycles. The minimum absolute atomic E-state index is 0.0810. The highest BCUT2D eigenvalue weighted by atomic mass is 32.2. The highest BCUT2D eigenvalue weighted by Gasteiger charge is 2.22. The second kappa shape index (κ2) is 9.84. The van der Waals surface area contributed by atoms with Crippen LogP contribution in [0.2, 0.25) is 0 Å². The van der Waals surface area contributed by atoms with E-state index in [0.717, 1.165) is 27.7 Å². The molecule has 166 valence electrons. The van der Waals surface area contributed by atoms with Crippen LogP contribution in [-0.4, -0.2) is 25.8 Å². The summed E-state index contributed by atoms with van der Waals surface area (Å²) in [6.45, 7) is 3.69. The minimum Gasteiger partial charge on any atom is -0.279 e. The van der Waals surface area contributed by atoms with Crippen LogP contribution in [0.3, 0.4) is 0 Å². The number of nitro groups is 1. The first kappa shape index (κ1) is 23.3. The molecule has 0 fully saturated rings. The van der Waals surface area contributed by atoms with E-state index in [1.807, 2.05) is 43.5 Å². The Morgan fingerprint density at radius 2 is 1.69 bits per heavy atom. The van der Waals surface area contributed by atoms with E-state index in [4.69, 9.17) is 0 Å². The molecule has 8 nitrogen and oxygen atoms in total. The number of sulfonamides is 1. The summed E-state index contributed by atoms with van der Waals surface area (Å²) in [5, 5.41) is 15.6. The standard InChI is InChI=1S/C22H22N4O4S2/c1-15-4-10-20(16(2)12-15)25-32(29,30)19-9-11-21(22(13-19)26(27)28)24-23-14-17-5-7-18(31-3)8-6-17/h4-14,24-25H,1-3H3. The molecule has 2 N–H and O–H groups in total. The van der Waals surface area contributed by atoms with E-state index in [0.29, 0.717) is 5.69 Å². The first-order chi connectivity index (χ1) is 15.2. The predicted octanol–water partition coefficient (Wildman–Crippen LogP) is 5.18. The van der Waals surface area contributed by atoms with Crippen LogP contribution in [-0.2, 0) is 10.0 Å². The Balaban J connectivity index is 1.83. The van der Waals surface area contributed by atoms with Gasteiger partial charge in [-0.2, -0.15) is 5.10 Å². The molecular formula is C22H22N4O4S2. The SMILES string of the molecule is CSc1ccc(C=NNc2ccc(S(=O)(=O)Nc3ccc(C)cc3C)cc2[N+](=O)[O-])cc1. The predicted molar refractivity (Wildman–Crippen MR) is 129 cm³/mol. The fourth-order valence-corrected chi connectivity index (χ4v) is 4.48. The zero-order valence-electron chi connectivity index (χ0n) is 17.7. The van der Waals surface area contributed by atoms with E-state index in [1.54, 1.807) is 30.8 Å². The summed E-state index contributed by atoms with van der Waals surface area (Å²) in [5.74, 6) is 0. The Labute approximate surface area is 191 Å². The molecule has 0 atom stereocenters. The molecule has 0 saturated heterocycles. The normalized spacial score (nSPS) is 11.5. The highest BCUT2D eigenvalue weighted by molar-refractivity contribution is 7.98. The molecule has 0 aliphatic carbocycles. The summed E-state index contributed by atoms with van der Waals surface area (Å²) in [6, 6.07) is 16.6. The average Bonchev–Trinajstić information content (AvgIpc) is 2.76. The molecule has 32 heavy (non-hydrogen) atoms. The van der Waals surface area contributed by atoms with Crippen molar-refractivity contribution in [1.29, 1.82) is 0 Å². The van der Waals surface area contributed by atoms with Crippen molar-refractivity contribution in [2.75, 3.05) is 16.4 Å². The maximum absolute atomic E-state index is 12.8. The summed E-state index contributed by atoms with van der Waals surface area (Å²) in [7, 11) is -4.01. The average molecular weight is 471 g/mol. The lowest BCUT2D eigenvalue weighted by Crippen LogP contribution is -2.14. The lowest BCUT2D eigenvalue weighted by atomic mass is 10.1. The van der Waals surface area contributed by atoms with Crippen LogP contribution in [0.5, 0.6) is 0 Å². The van der Waals surface area contributed by atoms with Gasteiger partial charge >= 0.3 is 0 Å². The smallest absolute Gasteiger partial charge is 0.279 e. The maximum atomic E-state index is 12.8. The van der Waals surface area contributed by atoms with Crippen LogP contribution in [0.25, 0.3) is 0 Å². The maximum Gasteiger partial charge on any atom is 0.295 e. The van der Waals surface area contributed by atoms with E-state index in [2.05, 4.69) is 15.2 Å². The van der Waals surface area contributed by atoms with Gasteiger partial charge in [0.2, 0.25) is 0 Å². The number of rotatable bonds is 8. The summed E-state index contributed by atoms with van der Waals surface area (Å²) in [5.41, 5.74) is 5.28. The van der Waals surface area contributed by atoms with E-state index in [9.17, 15) is 18.5 Å². The number of nitrogens with one attached hydrogen (secondary N) is 2. The summed E-state index contributed by atoms with van der Waals surface area (Å²) >= 11 is 1.62. The van der Waals surface area contributed by atoms with Crippen LogP contribution in [0.15, 0.2) is 75.6 Å². The van der Waals surface area contributed by atoms with Crippen molar-refractivity contribution in [3.63, 3.8) is 0 Å². The molecule has 0 aromatic heterocycles. The van der Waals surface area contributed by atoms with Gasteiger partial charge in [0.05, 0.1) is 21.7 Å². The number of anilines is 2. The van der Waals surface area contributed by atoms with E-state index in [1.165, 1.54) is 18.3 Å². The fourth-order valence-electron chi connectivity index (χ4n) is 2.92. The Hall–Kier alpha value is -3.37. The summed E-state index contributed by atoms with van der Waals surface area (Å²) in [4.78, 5) is 11.8. The number of hydrogen-bond donors (Lipinski definition) is 2. The molecule has 0 amide bonds. The first-order valence-electron chi connectivity index (χ1n) is 9.51. The monoisotopic (exact) mass is 470 g/mol. The molecule has 0 spiro atoms. The van der Waals surface area contributed by atoms with Crippen molar-refractivity contribution < 1.29 is 13.3 Å². The molecule has 0 bridgehead atoms. The van der Waals surface area contributed by atoms with Crippen LogP contribution >= 0.6 is 11.8 Å². The fraction of sp³-hybridized carbons (Fsp3) is 0.136. The van der Waals surface area contributed by atoms with Crippen molar-refractivity contribution in [3.8, 4) is 0 Å². The lowest BCUT2D eigenvalue weighted by molar-refractivity contribution is -0.384. The van der Waals surface area contributed by atoms with E-state index < -0.39 is 20.6 Å². The second-order valence-corrected chi connectivity index (χ2v) is 9.57. The molecular weight excluding hydrogens is 448 g/mol. The Kier molecular flexibility index (Phi) is 7.16. The van der Waals surface area contributed by atoms with Gasteiger partial charge in [-0.05, 0) is 61.6 Å². The Morgan fingerprint density at radius 3 is 2.31 bits per heavy atom. The van der Waals surface area contributed by atoms with Crippen molar-refractivity contribution in [2.24, 2.45) is 5.10 Å². The lowest BCUT2D eigenvalue weighted by Gasteiger charge is -2.12. The number of hydrogen-bond acceptors (Lipinski definition) is 7. The third-order valence-electron chi connectivity index (χ3n) is 4.62. The number of hydrazone groups is 1. The van der Waals surface area contributed by atoms with Gasteiger partial charge in [0, 0.05) is 11.0 Å². The molecule has 3 aromatic rings. The molecule has 0 saturated carbocycles. The zero-order chi connectivity index (χ0) is 23.3. The van der Waals surface area contributed by atoms with Gasteiger partial charge in [0.25, 0.3) is 15.7 Å². The van der Waals surface area contributed by atoms with Crippen molar-refractivity contribution in [1.82, 2.24) is 0 Å². The van der Waals surface area contributed by atoms with Crippen LogP contribution in [0, 0.1) is 24.0 Å². The summed E-state index contributed by atoms with van der Waals surface area (Å²) in [6.07, 6.45) is 3.51. The van der Waals surface area contributed by atoms with Crippen molar-refractivity contribution in [2.45, 2.75) is 23.6 Å². The third-order valence-corrected chi connectivity index (χ3v) is 6.72. The highest BCUT2D eigenvalue weighted by Crippen LogP contribution is 2.29. The molecule has 3 rings (SSSR count). The molecule has 10 heteroatoms.